The van der Waals surface area contributed by atoms with Gasteiger partial charge in [0, 0.05) is 25.7 Å². The molecule has 0 aliphatic rings. The fourth-order valence-electron chi connectivity index (χ4n) is 12.1. The van der Waals surface area contributed by atoms with Gasteiger partial charge in [0.1, 0.15) is 86.3 Å². The van der Waals surface area contributed by atoms with Crippen LogP contribution in [0.5, 0.6) is 0 Å². The number of nitrogens with zero attached hydrogens (tertiary/aromatic N) is 5. The molecule has 15 rings (SSSR count). The van der Waals surface area contributed by atoms with Gasteiger partial charge in [0.25, 0.3) is 0 Å². The maximum absolute atomic E-state index is 12.0. The van der Waals surface area contributed by atoms with Crippen molar-refractivity contribution in [3.63, 3.8) is 0 Å². The molecule has 5 aromatic heterocycles. The monoisotopic (exact) mass is 1630 g/mol. The predicted octanol–water partition coefficient (Wildman–Crippen LogP) is 14.7. The Balaban J connectivity index is 0.000000149. The summed E-state index contributed by atoms with van der Waals surface area (Å²) in [5.74, 6) is 1.53. The summed E-state index contributed by atoms with van der Waals surface area (Å²) in [5, 5.41) is 0. The minimum Gasteiger partial charge on any atom is -0.461 e. The summed E-state index contributed by atoms with van der Waals surface area (Å²) < 4.78 is 26.3. The Morgan fingerprint density at radius 1 is 0.262 bits per heavy atom. The molecule has 0 aliphatic heterocycles. The lowest BCUT2D eigenvalue weighted by Crippen LogP contribution is -2.34. The molecule has 0 saturated carbocycles. The lowest BCUT2D eigenvalue weighted by atomic mass is 10.1. The average molecular weight is 1630 g/mol. The van der Waals surface area contributed by atoms with Crippen LogP contribution in [0, 0.1) is 0 Å². The topological polar surface area (TPSA) is 405 Å². The van der Waals surface area contributed by atoms with Crippen molar-refractivity contribution in [2.24, 2.45) is 28.7 Å². The fourth-order valence-corrected chi connectivity index (χ4v) is 12.1. The van der Waals surface area contributed by atoms with Crippen LogP contribution in [0.2, 0.25) is 0 Å². The fraction of sp³-hybridized carbons (Fsp3) is 0.175. The highest BCUT2D eigenvalue weighted by molar-refractivity contribution is 5.77. The summed E-state index contributed by atoms with van der Waals surface area (Å²) in [6.45, 7) is 1.18. The molecule has 0 spiro atoms. The highest BCUT2D eigenvalue weighted by Crippen LogP contribution is 2.24. The number of esters is 5. The lowest BCUT2D eigenvalue weighted by molar-refractivity contribution is -0.147. The van der Waals surface area contributed by atoms with Crippen molar-refractivity contribution in [1.29, 1.82) is 0 Å². The normalized spacial score (nSPS) is 11.9. The van der Waals surface area contributed by atoms with Gasteiger partial charge in [-0.05, 0) is 68.5 Å². The molecule has 0 saturated heterocycles. The summed E-state index contributed by atoms with van der Waals surface area (Å²) in [6, 6.07) is 93.8. The molecule has 1 unspecified atom stereocenters. The van der Waals surface area contributed by atoms with E-state index in [0.29, 0.717) is 56.0 Å². The van der Waals surface area contributed by atoms with Crippen LogP contribution in [0.3, 0.4) is 0 Å². The Bertz CT molecular complexity index is 5280. The molecular weight excluding hydrogens is 1540 g/mol. The first-order valence-electron chi connectivity index (χ1n) is 39.9. The molecule has 622 valence electrons. The van der Waals surface area contributed by atoms with Gasteiger partial charge in [-0.25, -0.2) is 24.9 Å². The number of carbonyl (C=O) groups is 5. The number of rotatable bonds is 32. The smallest absolute Gasteiger partial charge is 0.323 e. The summed E-state index contributed by atoms with van der Waals surface area (Å²) in [6.07, 6.45) is 11.6. The zero-order valence-corrected chi connectivity index (χ0v) is 67.3. The van der Waals surface area contributed by atoms with Crippen LogP contribution in [0.25, 0.3) is 56.3 Å². The Morgan fingerprint density at radius 2 is 0.484 bits per heavy atom. The first-order valence-corrected chi connectivity index (χ1v) is 39.9. The van der Waals surface area contributed by atoms with E-state index in [1.807, 2.05) is 303 Å². The summed E-state index contributed by atoms with van der Waals surface area (Å²) >= 11 is 0. The van der Waals surface area contributed by atoms with Gasteiger partial charge in [-0.1, -0.05) is 303 Å². The van der Waals surface area contributed by atoms with Gasteiger partial charge in [0.05, 0.1) is 71.9 Å². The van der Waals surface area contributed by atoms with Crippen molar-refractivity contribution in [2.45, 2.75) is 108 Å². The van der Waals surface area contributed by atoms with Crippen molar-refractivity contribution in [3.05, 3.63) is 391 Å². The summed E-state index contributed by atoms with van der Waals surface area (Å²) in [7, 11) is 0. The van der Waals surface area contributed by atoms with E-state index in [9.17, 15) is 24.0 Å². The third-order valence-corrected chi connectivity index (χ3v) is 18.8. The van der Waals surface area contributed by atoms with E-state index in [4.69, 9.17) is 52.4 Å². The van der Waals surface area contributed by atoms with Crippen LogP contribution in [0.15, 0.2) is 334 Å². The van der Waals surface area contributed by atoms with Gasteiger partial charge >= 0.3 is 29.8 Å². The predicted molar refractivity (Wildman–Crippen MR) is 469 cm³/mol. The molecule has 15 N–H and O–H groups in total. The number of aromatic nitrogens is 10. The molecule has 10 aromatic carbocycles. The third-order valence-electron chi connectivity index (χ3n) is 18.8. The van der Waals surface area contributed by atoms with E-state index in [2.05, 4.69) is 49.8 Å². The van der Waals surface area contributed by atoms with Gasteiger partial charge < -0.3 is 77.3 Å². The maximum atomic E-state index is 12.0. The average Bonchev–Trinajstić information content (AvgIpc) is 1.74. The van der Waals surface area contributed by atoms with Gasteiger partial charge in [-0.3, -0.25) is 24.0 Å². The van der Waals surface area contributed by atoms with Gasteiger partial charge in [-0.15, -0.1) is 0 Å². The lowest BCUT2D eigenvalue weighted by Gasteiger charge is -2.10. The SMILES string of the molecule is NC(CC(=O)OCc1ccccc1)c1ncc(-c2ccccc2)[nH]1.N[C@@H](CCc1ncc(-c2ccccc2)[nH]1)C(=O)OCc1ccccc1.N[C@@H](Cc1ncc(-c2ccccc2)[nH]1)C(=O)OCc1ccccc1.N[C@H](CCc1ncc(-c2ccccc2)[nH]1)C(=O)OCc1ccccc1.N[C@H](Cc1ncc(-c2ccccc2)[nH]1)C(=O)OCc1ccccc1. The zero-order chi connectivity index (χ0) is 85.3. The first-order chi connectivity index (χ1) is 59.6. The first kappa shape index (κ1) is 88.2. The summed E-state index contributed by atoms with van der Waals surface area (Å²) in [4.78, 5) is 97.6. The van der Waals surface area contributed by atoms with Gasteiger partial charge in [0.15, 0.2) is 0 Å². The number of carbonyl (C=O) groups excluding carboxylic acids is 5. The van der Waals surface area contributed by atoms with Crippen LogP contribution in [-0.4, -0.2) is 104 Å². The Kier molecular flexibility index (Phi) is 34.5. The van der Waals surface area contributed by atoms with E-state index in [1.54, 1.807) is 31.0 Å². The molecular formula is C97H99N15O10. The molecule has 25 nitrogen and oxygen atoms in total. The van der Waals surface area contributed by atoms with Crippen molar-refractivity contribution in [2.75, 3.05) is 0 Å². The number of aryl methyl sites for hydroxylation is 2. The number of hydrogen-bond acceptors (Lipinski definition) is 20. The van der Waals surface area contributed by atoms with E-state index in [-0.39, 0.29) is 45.4 Å². The maximum Gasteiger partial charge on any atom is 0.323 e. The second kappa shape index (κ2) is 47.7. The minimum atomic E-state index is -0.747. The molecule has 122 heavy (non-hydrogen) atoms. The molecule has 0 aliphatic carbocycles. The number of hydrogen-bond donors (Lipinski definition) is 10. The number of benzene rings is 10. The molecule has 0 radical (unpaired) electrons. The number of imidazole rings is 5. The van der Waals surface area contributed by atoms with Gasteiger partial charge in [0.2, 0.25) is 0 Å². The van der Waals surface area contributed by atoms with Crippen molar-refractivity contribution >= 4 is 29.8 Å². The van der Waals surface area contributed by atoms with Gasteiger partial charge in [-0.2, -0.15) is 0 Å². The molecule has 5 atom stereocenters. The largest absolute Gasteiger partial charge is 0.461 e. The quantitative estimate of drug-likeness (QED) is 0.0138. The van der Waals surface area contributed by atoms with E-state index in [1.165, 1.54) is 0 Å². The zero-order valence-electron chi connectivity index (χ0n) is 67.3. The molecule has 15 aromatic rings. The number of aromatic amines is 5. The van der Waals surface area contributed by atoms with Crippen LogP contribution < -0.4 is 28.7 Å². The molecule has 0 amide bonds. The second-order valence-electron chi connectivity index (χ2n) is 28.2. The van der Waals surface area contributed by atoms with Crippen molar-refractivity contribution in [1.82, 2.24) is 49.8 Å². The van der Waals surface area contributed by atoms with Crippen molar-refractivity contribution in [3.8, 4) is 56.3 Å². The highest BCUT2D eigenvalue weighted by atomic mass is 16.5. The molecule has 5 heterocycles. The summed E-state index contributed by atoms with van der Waals surface area (Å²) in [5.41, 5.74) is 44.3. The second-order valence-corrected chi connectivity index (χ2v) is 28.2. The van der Waals surface area contributed by atoms with Crippen LogP contribution in [-0.2, 0) is 106 Å². The molecule has 0 fully saturated rings. The Morgan fingerprint density at radius 3 is 0.762 bits per heavy atom. The Labute approximate surface area is 708 Å². The highest BCUT2D eigenvalue weighted by Gasteiger charge is 2.23. The molecule has 25 heteroatoms. The van der Waals surface area contributed by atoms with Crippen molar-refractivity contribution < 1.29 is 47.7 Å². The minimum absolute atomic E-state index is 0.0780. The number of ether oxygens (including phenoxy) is 5. The van der Waals surface area contributed by atoms with E-state index >= 15 is 0 Å². The molecule has 0 bridgehead atoms. The standard InChI is InChI=1S/2C20H21N3O2.3C19H19N3O2/c2*21-17(20(24)25-14-15-7-3-1-4-8-15)11-12-19-22-13-18(23-19)16-9-5-2-6-10-16;20-16(11-18(23)24-13-14-7-3-1-4-8-14)19-21-12-17(22-19)15-9-5-2-6-10-15;2*20-16(19(23)24-13-14-7-3-1-4-8-14)11-18-21-12-17(22-18)15-9-5-2-6-10-15/h2*1-10,13,17H,11-12,14,21H2,(H,22,23);3*1-10,12,16H,11,13,20H2,(H,21,22)/t2*17-;;2*16-/m10.10/s1. The van der Waals surface area contributed by atoms with Crippen LogP contribution in [0.4, 0.5) is 0 Å². The van der Waals surface area contributed by atoms with Crippen LogP contribution in [0.1, 0.15) is 82.2 Å². The number of nitrogens with two attached hydrogens (primary N) is 5. The van der Waals surface area contributed by atoms with E-state index in [0.717, 1.165) is 95.8 Å². The van der Waals surface area contributed by atoms with Crippen LogP contribution >= 0.6 is 0 Å². The third kappa shape index (κ3) is 29.5. The van der Waals surface area contributed by atoms with E-state index < -0.39 is 54.1 Å². The number of nitrogens with one attached hydrogen (secondary N) is 5. The Hall–Kier alpha value is -14.6. The number of H-pyrrole nitrogens is 5.